The van der Waals surface area contributed by atoms with Crippen LogP contribution in [0, 0.1) is 13.8 Å². The molecule has 0 saturated heterocycles. The molecule has 108 valence electrons. The summed E-state index contributed by atoms with van der Waals surface area (Å²) in [4.78, 5) is 0. The molecule has 4 heteroatoms. The van der Waals surface area contributed by atoms with E-state index in [1.54, 1.807) is 0 Å². The molecule has 0 aliphatic rings. The van der Waals surface area contributed by atoms with Gasteiger partial charge in [-0.3, -0.25) is 0 Å². The van der Waals surface area contributed by atoms with Gasteiger partial charge in [0.1, 0.15) is 18.1 Å². The molecule has 20 heavy (non-hydrogen) atoms. The first-order valence-corrected chi connectivity index (χ1v) is 6.93. The average Bonchev–Trinajstić information content (AvgIpc) is 2.74. The minimum atomic E-state index is 0.474. The van der Waals surface area contributed by atoms with E-state index in [0.717, 1.165) is 29.3 Å². The molecule has 0 aliphatic carbocycles. The van der Waals surface area contributed by atoms with Crippen LogP contribution in [0.1, 0.15) is 36.4 Å². The number of hydrogen-bond acceptors (Lipinski definition) is 4. The highest BCUT2D eigenvalue weighted by atomic mass is 16.5. The van der Waals surface area contributed by atoms with Crippen LogP contribution in [0.5, 0.6) is 5.75 Å². The predicted octanol–water partition coefficient (Wildman–Crippen LogP) is 3.37. The molecule has 0 atom stereocenters. The van der Waals surface area contributed by atoms with Crippen molar-refractivity contribution >= 4 is 0 Å². The minimum Gasteiger partial charge on any atom is -0.489 e. The predicted molar refractivity (Wildman–Crippen MR) is 78.7 cm³/mol. The van der Waals surface area contributed by atoms with Gasteiger partial charge in [-0.1, -0.05) is 31.1 Å². The molecule has 0 radical (unpaired) electrons. The van der Waals surface area contributed by atoms with Crippen molar-refractivity contribution in [1.82, 2.24) is 10.5 Å². The van der Waals surface area contributed by atoms with Gasteiger partial charge in [0.2, 0.25) is 0 Å². The Bertz CT molecular complexity index is 542. The van der Waals surface area contributed by atoms with Gasteiger partial charge in [-0.05, 0) is 31.5 Å². The fourth-order valence-corrected chi connectivity index (χ4v) is 1.93. The van der Waals surface area contributed by atoms with Crippen LogP contribution >= 0.6 is 0 Å². The lowest BCUT2D eigenvalue weighted by Crippen LogP contribution is -2.21. The van der Waals surface area contributed by atoms with Gasteiger partial charge in [-0.25, -0.2) is 0 Å². The first kappa shape index (κ1) is 14.6. The van der Waals surface area contributed by atoms with Crippen LogP contribution in [0.2, 0.25) is 0 Å². The quantitative estimate of drug-likeness (QED) is 0.877. The lowest BCUT2D eigenvalue weighted by atomic mass is 10.2. The van der Waals surface area contributed by atoms with Crippen LogP contribution in [0.4, 0.5) is 0 Å². The molecule has 1 N–H and O–H groups in total. The number of nitrogens with zero attached hydrogens (tertiary/aromatic N) is 1. The molecule has 0 bridgehead atoms. The van der Waals surface area contributed by atoms with E-state index in [-0.39, 0.29) is 0 Å². The molecule has 0 aliphatic heterocycles. The van der Waals surface area contributed by atoms with Gasteiger partial charge >= 0.3 is 0 Å². The maximum absolute atomic E-state index is 5.83. The number of benzene rings is 1. The molecular weight excluding hydrogens is 252 g/mol. The highest BCUT2D eigenvalue weighted by molar-refractivity contribution is 5.29. The third kappa shape index (κ3) is 3.84. The number of ether oxygens (including phenoxy) is 1. The Balaban J connectivity index is 1.98. The zero-order chi connectivity index (χ0) is 14.5. The second-order valence-corrected chi connectivity index (χ2v) is 5.27. The van der Waals surface area contributed by atoms with Gasteiger partial charge < -0.3 is 14.6 Å². The number of rotatable bonds is 6. The number of aromatic nitrogens is 1. The smallest absolute Gasteiger partial charge is 0.140 e. The van der Waals surface area contributed by atoms with E-state index in [1.165, 1.54) is 5.56 Å². The van der Waals surface area contributed by atoms with Crippen molar-refractivity contribution < 1.29 is 9.26 Å². The number of nitrogens with one attached hydrogen (secondary N) is 1. The Labute approximate surface area is 120 Å². The molecule has 0 unspecified atom stereocenters. The van der Waals surface area contributed by atoms with E-state index in [9.17, 15) is 0 Å². The van der Waals surface area contributed by atoms with E-state index in [0.29, 0.717) is 12.6 Å². The summed E-state index contributed by atoms with van der Waals surface area (Å²) in [6.07, 6.45) is 0. The highest BCUT2D eigenvalue weighted by Gasteiger charge is 2.09. The Morgan fingerprint density at radius 3 is 2.75 bits per heavy atom. The van der Waals surface area contributed by atoms with Crippen molar-refractivity contribution in [3.63, 3.8) is 0 Å². The fraction of sp³-hybridized carbons (Fsp3) is 0.438. The first-order valence-electron chi connectivity index (χ1n) is 6.93. The Kier molecular flexibility index (Phi) is 4.79. The van der Waals surface area contributed by atoms with Crippen molar-refractivity contribution in [2.45, 2.75) is 46.9 Å². The Morgan fingerprint density at radius 1 is 1.30 bits per heavy atom. The normalized spacial score (nSPS) is 11.1. The standard InChI is InChI=1S/C16H22N2O2/c1-11(2)17-9-14-6-5-7-15(8-14)19-10-16-12(3)18-20-13(16)4/h5-8,11,17H,9-10H2,1-4H3. The molecule has 4 nitrogen and oxygen atoms in total. The Hall–Kier alpha value is -1.81. The molecule has 2 rings (SSSR count). The maximum Gasteiger partial charge on any atom is 0.140 e. The van der Waals surface area contributed by atoms with Crippen LogP contribution in [0.15, 0.2) is 28.8 Å². The number of aryl methyl sites for hydroxylation is 2. The third-order valence-electron chi connectivity index (χ3n) is 3.18. The maximum atomic E-state index is 5.83. The summed E-state index contributed by atoms with van der Waals surface area (Å²) in [6, 6.07) is 8.62. The zero-order valence-corrected chi connectivity index (χ0v) is 12.6. The van der Waals surface area contributed by atoms with Gasteiger partial charge in [0.05, 0.1) is 11.3 Å². The van der Waals surface area contributed by atoms with Gasteiger partial charge in [-0.2, -0.15) is 0 Å². The lowest BCUT2D eigenvalue weighted by Gasteiger charge is -2.10. The van der Waals surface area contributed by atoms with E-state index < -0.39 is 0 Å². The molecule has 0 fully saturated rings. The molecule has 1 aromatic heterocycles. The van der Waals surface area contributed by atoms with Gasteiger partial charge in [0, 0.05) is 12.6 Å². The molecular formula is C16H22N2O2. The lowest BCUT2D eigenvalue weighted by molar-refractivity contribution is 0.301. The van der Waals surface area contributed by atoms with Gasteiger partial charge in [0.25, 0.3) is 0 Å². The SMILES string of the molecule is Cc1noc(C)c1COc1cccc(CNC(C)C)c1. The summed E-state index contributed by atoms with van der Waals surface area (Å²) < 4.78 is 11.0. The molecule has 1 aromatic carbocycles. The first-order chi connectivity index (χ1) is 9.56. The summed E-state index contributed by atoms with van der Waals surface area (Å²) in [6.45, 7) is 9.44. The molecule has 0 amide bonds. The van der Waals surface area contributed by atoms with Crippen LogP contribution < -0.4 is 10.1 Å². The molecule has 1 heterocycles. The van der Waals surface area contributed by atoms with Crippen molar-refractivity contribution in [3.05, 3.63) is 46.8 Å². The topological polar surface area (TPSA) is 47.3 Å². The molecule has 2 aromatic rings. The summed E-state index contributed by atoms with van der Waals surface area (Å²) >= 11 is 0. The van der Waals surface area contributed by atoms with Crippen molar-refractivity contribution in [2.75, 3.05) is 0 Å². The highest BCUT2D eigenvalue weighted by Crippen LogP contribution is 2.18. The monoisotopic (exact) mass is 274 g/mol. The third-order valence-corrected chi connectivity index (χ3v) is 3.18. The van der Waals surface area contributed by atoms with Crippen molar-refractivity contribution in [3.8, 4) is 5.75 Å². The second kappa shape index (κ2) is 6.57. The average molecular weight is 274 g/mol. The minimum absolute atomic E-state index is 0.474. The van der Waals surface area contributed by atoms with Crippen molar-refractivity contribution in [1.29, 1.82) is 0 Å². The van der Waals surface area contributed by atoms with E-state index >= 15 is 0 Å². The van der Waals surface area contributed by atoms with Crippen molar-refractivity contribution in [2.24, 2.45) is 0 Å². The fourth-order valence-electron chi connectivity index (χ4n) is 1.93. The molecule has 0 saturated carbocycles. The summed E-state index contributed by atoms with van der Waals surface area (Å²) in [5.74, 6) is 1.69. The van der Waals surface area contributed by atoms with Crippen LogP contribution in [0.25, 0.3) is 0 Å². The summed E-state index contributed by atoms with van der Waals surface area (Å²) in [5, 5.41) is 7.33. The summed E-state index contributed by atoms with van der Waals surface area (Å²) in [5.41, 5.74) is 3.13. The van der Waals surface area contributed by atoms with E-state index in [4.69, 9.17) is 9.26 Å². The zero-order valence-electron chi connectivity index (χ0n) is 12.6. The largest absolute Gasteiger partial charge is 0.489 e. The number of hydrogen-bond donors (Lipinski definition) is 1. The summed E-state index contributed by atoms with van der Waals surface area (Å²) in [7, 11) is 0. The Morgan fingerprint density at radius 2 is 2.10 bits per heavy atom. The molecule has 0 spiro atoms. The van der Waals surface area contributed by atoms with Gasteiger partial charge in [-0.15, -0.1) is 0 Å². The van der Waals surface area contributed by atoms with E-state index in [2.05, 4.69) is 36.5 Å². The second-order valence-electron chi connectivity index (χ2n) is 5.27. The van der Waals surface area contributed by atoms with Crippen LogP contribution in [0.3, 0.4) is 0 Å². The van der Waals surface area contributed by atoms with Crippen LogP contribution in [-0.2, 0) is 13.2 Å². The van der Waals surface area contributed by atoms with Gasteiger partial charge in [0.15, 0.2) is 0 Å². The van der Waals surface area contributed by atoms with Crippen LogP contribution in [-0.4, -0.2) is 11.2 Å². The van der Waals surface area contributed by atoms with E-state index in [1.807, 2.05) is 26.0 Å².